The topological polar surface area (TPSA) is 39.7 Å². The van der Waals surface area contributed by atoms with Crippen LogP contribution >= 0.6 is 11.8 Å². The van der Waals surface area contributed by atoms with E-state index in [2.05, 4.69) is 39.9 Å². The fraction of sp³-hybridized carbons (Fsp3) is 0.632. The lowest BCUT2D eigenvalue weighted by molar-refractivity contribution is -0.143. The molecule has 2 aliphatic rings. The summed E-state index contributed by atoms with van der Waals surface area (Å²) in [5, 5.41) is 6.67. The van der Waals surface area contributed by atoms with E-state index in [0.717, 1.165) is 18.9 Å². The lowest BCUT2D eigenvalue weighted by Crippen LogP contribution is -2.43. The van der Waals surface area contributed by atoms with E-state index in [4.69, 9.17) is 0 Å². The van der Waals surface area contributed by atoms with Crippen molar-refractivity contribution in [2.75, 3.05) is 39.8 Å². The molecule has 27 heavy (non-hydrogen) atoms. The summed E-state index contributed by atoms with van der Waals surface area (Å²) in [6.45, 7) is 1.66. The maximum Gasteiger partial charge on any atom is 0.401 e. The summed E-state index contributed by atoms with van der Waals surface area (Å²) >= 11 is 1.90. The summed E-state index contributed by atoms with van der Waals surface area (Å²) < 4.78 is 37.7. The number of hydrogen-bond donors (Lipinski definition) is 2. The number of hydrogen-bond acceptors (Lipinski definition) is 3. The van der Waals surface area contributed by atoms with Crippen molar-refractivity contribution in [1.82, 2.24) is 15.5 Å². The molecule has 4 nitrogen and oxygen atoms in total. The second-order valence-electron chi connectivity index (χ2n) is 7.41. The molecule has 1 aliphatic carbocycles. The standard InChI is InChI=1S/C19H27F3N4S/c1-23-17(24-11-15-7-10-26(12-15)14-19(20,21)22)25-13-18(8-9-18)27-16-5-3-2-4-6-16/h2-6,15H,7-14H2,1H3,(H2,23,24,25). The summed E-state index contributed by atoms with van der Waals surface area (Å²) in [7, 11) is 1.73. The Bertz CT molecular complexity index is 632. The fourth-order valence-electron chi connectivity index (χ4n) is 3.38. The van der Waals surface area contributed by atoms with Gasteiger partial charge in [0.1, 0.15) is 0 Å². The van der Waals surface area contributed by atoms with Gasteiger partial charge in [-0.2, -0.15) is 13.2 Å². The average Bonchev–Trinajstić information content (AvgIpc) is 3.24. The van der Waals surface area contributed by atoms with Gasteiger partial charge in [0.25, 0.3) is 0 Å². The molecule has 0 aromatic heterocycles. The number of likely N-dealkylation sites (tertiary alicyclic amines) is 1. The van der Waals surface area contributed by atoms with Gasteiger partial charge >= 0.3 is 6.18 Å². The van der Waals surface area contributed by atoms with Gasteiger partial charge < -0.3 is 10.6 Å². The van der Waals surface area contributed by atoms with E-state index in [9.17, 15) is 13.2 Å². The maximum absolute atomic E-state index is 12.5. The average molecular weight is 401 g/mol. The predicted octanol–water partition coefficient (Wildman–Crippen LogP) is 3.36. The fourth-order valence-corrected chi connectivity index (χ4v) is 4.62. The zero-order valence-electron chi connectivity index (χ0n) is 15.6. The molecule has 1 saturated heterocycles. The molecule has 1 unspecified atom stereocenters. The third-order valence-electron chi connectivity index (χ3n) is 5.02. The van der Waals surface area contributed by atoms with Crippen LogP contribution in [0.4, 0.5) is 13.2 Å². The number of halogens is 3. The number of thioether (sulfide) groups is 1. The van der Waals surface area contributed by atoms with Crippen LogP contribution in [-0.4, -0.2) is 61.6 Å². The number of nitrogens with zero attached hydrogens (tertiary/aromatic N) is 2. The van der Waals surface area contributed by atoms with Crippen molar-refractivity contribution < 1.29 is 13.2 Å². The minimum Gasteiger partial charge on any atom is -0.356 e. The molecule has 1 aromatic carbocycles. The minimum absolute atomic E-state index is 0.218. The first-order chi connectivity index (χ1) is 12.9. The lowest BCUT2D eigenvalue weighted by Gasteiger charge is -2.20. The second kappa shape index (κ2) is 8.73. The molecular weight excluding hydrogens is 373 g/mol. The Balaban J connectivity index is 1.39. The molecule has 2 fully saturated rings. The minimum atomic E-state index is -4.12. The van der Waals surface area contributed by atoms with Crippen LogP contribution < -0.4 is 10.6 Å². The van der Waals surface area contributed by atoms with Crippen LogP contribution in [-0.2, 0) is 0 Å². The first kappa shape index (κ1) is 20.3. The molecule has 0 radical (unpaired) electrons. The van der Waals surface area contributed by atoms with E-state index in [0.29, 0.717) is 19.6 Å². The molecule has 3 rings (SSSR count). The van der Waals surface area contributed by atoms with Crippen LogP contribution in [0.1, 0.15) is 19.3 Å². The number of aliphatic imine (C=N–C) groups is 1. The highest BCUT2D eigenvalue weighted by Gasteiger charge is 2.43. The van der Waals surface area contributed by atoms with E-state index >= 15 is 0 Å². The SMILES string of the molecule is CN=C(NCC1CCN(CC(F)(F)F)C1)NCC1(Sc2ccccc2)CC1. The van der Waals surface area contributed by atoms with Gasteiger partial charge in [0.2, 0.25) is 0 Å². The molecule has 150 valence electrons. The van der Waals surface area contributed by atoms with Crippen LogP contribution in [0.15, 0.2) is 40.2 Å². The second-order valence-corrected chi connectivity index (χ2v) is 8.95. The first-order valence-corrected chi connectivity index (χ1v) is 10.2. The van der Waals surface area contributed by atoms with Crippen molar-refractivity contribution in [3.05, 3.63) is 30.3 Å². The van der Waals surface area contributed by atoms with Crippen molar-refractivity contribution in [3.63, 3.8) is 0 Å². The largest absolute Gasteiger partial charge is 0.401 e. The predicted molar refractivity (Wildman–Crippen MR) is 104 cm³/mol. The van der Waals surface area contributed by atoms with Crippen LogP contribution in [0.5, 0.6) is 0 Å². The van der Waals surface area contributed by atoms with Gasteiger partial charge in [-0.1, -0.05) is 18.2 Å². The van der Waals surface area contributed by atoms with Gasteiger partial charge in [-0.25, -0.2) is 0 Å². The Kier molecular flexibility index (Phi) is 6.57. The Morgan fingerprint density at radius 3 is 2.63 bits per heavy atom. The molecule has 1 aromatic rings. The normalized spacial score (nSPS) is 22.7. The molecule has 1 aliphatic heterocycles. The van der Waals surface area contributed by atoms with Crippen molar-refractivity contribution in [2.45, 2.75) is 35.1 Å². The zero-order chi connectivity index (χ0) is 19.3. The Labute approximate surface area is 163 Å². The number of alkyl halides is 3. The van der Waals surface area contributed by atoms with E-state index in [1.165, 1.54) is 22.6 Å². The summed E-state index contributed by atoms with van der Waals surface area (Å²) in [5.74, 6) is 0.948. The Morgan fingerprint density at radius 2 is 2.00 bits per heavy atom. The smallest absolute Gasteiger partial charge is 0.356 e. The molecule has 2 N–H and O–H groups in total. The van der Waals surface area contributed by atoms with Gasteiger partial charge in [0.05, 0.1) is 6.54 Å². The summed E-state index contributed by atoms with van der Waals surface area (Å²) in [6.07, 6.45) is -0.986. The quantitative estimate of drug-likeness (QED) is 0.544. The molecule has 0 bridgehead atoms. The monoisotopic (exact) mass is 400 g/mol. The van der Waals surface area contributed by atoms with Crippen molar-refractivity contribution >= 4 is 17.7 Å². The third kappa shape index (κ3) is 6.60. The first-order valence-electron chi connectivity index (χ1n) is 9.35. The van der Waals surface area contributed by atoms with Gasteiger partial charge in [-0.3, -0.25) is 9.89 Å². The Morgan fingerprint density at radius 1 is 1.26 bits per heavy atom. The lowest BCUT2D eigenvalue weighted by atomic mass is 10.1. The van der Waals surface area contributed by atoms with Crippen LogP contribution in [0, 0.1) is 5.92 Å². The van der Waals surface area contributed by atoms with Gasteiger partial charge in [0.15, 0.2) is 5.96 Å². The molecular formula is C19H27F3N4S. The molecule has 0 spiro atoms. The van der Waals surface area contributed by atoms with E-state index in [1.54, 1.807) is 7.05 Å². The number of benzene rings is 1. The molecule has 1 atom stereocenters. The van der Waals surface area contributed by atoms with Crippen LogP contribution in [0.3, 0.4) is 0 Å². The summed E-state index contributed by atoms with van der Waals surface area (Å²) in [4.78, 5) is 7.01. The highest BCUT2D eigenvalue weighted by atomic mass is 32.2. The summed E-state index contributed by atoms with van der Waals surface area (Å²) in [5.41, 5.74) is 0. The molecule has 1 saturated carbocycles. The number of rotatable bonds is 7. The molecule has 1 heterocycles. The van der Waals surface area contributed by atoms with Crippen LogP contribution in [0.2, 0.25) is 0 Å². The van der Waals surface area contributed by atoms with Crippen LogP contribution in [0.25, 0.3) is 0 Å². The molecule has 0 amide bonds. The number of guanidine groups is 1. The van der Waals surface area contributed by atoms with Crippen molar-refractivity contribution in [3.8, 4) is 0 Å². The van der Waals surface area contributed by atoms with Crippen molar-refractivity contribution in [1.29, 1.82) is 0 Å². The number of nitrogens with one attached hydrogen (secondary N) is 2. The Hall–Kier alpha value is -1.41. The summed E-state index contributed by atoms with van der Waals surface area (Å²) in [6, 6.07) is 10.4. The zero-order valence-corrected chi connectivity index (χ0v) is 16.4. The molecule has 8 heteroatoms. The third-order valence-corrected chi connectivity index (χ3v) is 6.51. The van der Waals surface area contributed by atoms with Gasteiger partial charge in [-0.15, -0.1) is 11.8 Å². The van der Waals surface area contributed by atoms with Gasteiger partial charge in [0, 0.05) is 36.3 Å². The maximum atomic E-state index is 12.5. The highest BCUT2D eigenvalue weighted by Crippen LogP contribution is 2.51. The highest BCUT2D eigenvalue weighted by molar-refractivity contribution is 8.01. The van der Waals surface area contributed by atoms with Crippen molar-refractivity contribution in [2.24, 2.45) is 10.9 Å². The van der Waals surface area contributed by atoms with E-state index in [1.807, 2.05) is 17.8 Å². The van der Waals surface area contributed by atoms with E-state index < -0.39 is 12.7 Å². The van der Waals surface area contributed by atoms with E-state index in [-0.39, 0.29) is 10.7 Å². The van der Waals surface area contributed by atoms with Gasteiger partial charge in [-0.05, 0) is 43.9 Å².